The number of piperidine rings is 1. The number of ether oxygens (including phenoxy) is 1. The maximum Gasteiger partial charge on any atom is 0.246 e. The molecule has 8 heteroatoms. The highest BCUT2D eigenvalue weighted by atomic mass is 32.2. The minimum atomic E-state index is -3.72. The molecule has 2 saturated heterocycles. The Morgan fingerprint density at radius 3 is 2.69 bits per heavy atom. The van der Waals surface area contributed by atoms with Gasteiger partial charge in [0, 0.05) is 32.5 Å². The summed E-state index contributed by atoms with van der Waals surface area (Å²) < 4.78 is 33.6. The predicted molar refractivity (Wildman–Crippen MR) is 98.8 cm³/mol. The van der Waals surface area contributed by atoms with Crippen molar-refractivity contribution in [2.24, 2.45) is 5.92 Å². The van der Waals surface area contributed by atoms with Gasteiger partial charge >= 0.3 is 0 Å². The summed E-state index contributed by atoms with van der Waals surface area (Å²) in [6.07, 6.45) is 0.716. The van der Waals surface area contributed by atoms with Crippen LogP contribution < -0.4 is 15.4 Å². The fraction of sp³-hybridized carbons (Fsp3) is 0.611. The van der Waals surface area contributed by atoms with Crippen molar-refractivity contribution >= 4 is 15.9 Å². The number of methoxy groups -OCH3 is 1. The largest absolute Gasteiger partial charge is 0.495 e. The molecule has 1 aromatic carbocycles. The fourth-order valence-electron chi connectivity index (χ4n) is 4.06. The summed E-state index contributed by atoms with van der Waals surface area (Å²) in [5.74, 6) is 0.280. The number of sulfonamides is 1. The fourth-order valence-corrected chi connectivity index (χ4v) is 5.84. The van der Waals surface area contributed by atoms with Crippen molar-refractivity contribution in [2.45, 2.75) is 37.6 Å². The Bertz CT molecular complexity index is 824. The molecule has 7 nitrogen and oxygen atoms in total. The third-order valence-electron chi connectivity index (χ3n) is 5.63. The number of benzene rings is 1. The summed E-state index contributed by atoms with van der Waals surface area (Å²) in [6, 6.07) is 3.44. The average molecular weight is 381 g/mol. The van der Waals surface area contributed by atoms with Crippen molar-refractivity contribution < 1.29 is 17.9 Å². The highest BCUT2D eigenvalue weighted by molar-refractivity contribution is 7.89. The zero-order chi connectivity index (χ0) is 19.1. The van der Waals surface area contributed by atoms with Crippen LogP contribution in [0.2, 0.25) is 0 Å². The molecule has 2 atom stereocenters. The van der Waals surface area contributed by atoms with Crippen LogP contribution in [0.5, 0.6) is 5.75 Å². The summed E-state index contributed by atoms with van der Waals surface area (Å²) in [6.45, 7) is 7.42. The second kappa shape index (κ2) is 6.83. The monoisotopic (exact) mass is 381 g/mol. The number of nitrogens with one attached hydrogen (secondary N) is 2. The van der Waals surface area contributed by atoms with Crippen LogP contribution in [0.3, 0.4) is 0 Å². The van der Waals surface area contributed by atoms with E-state index in [0.29, 0.717) is 25.3 Å². The SMILES string of the molecule is COc1cc(C)c(C)cc1S(=O)(=O)N1C[C@H]2CNCC[C@@]2(NC(C)=O)C1. The van der Waals surface area contributed by atoms with Gasteiger partial charge in [0.1, 0.15) is 10.6 Å². The van der Waals surface area contributed by atoms with Gasteiger partial charge in [-0.1, -0.05) is 0 Å². The normalized spacial score (nSPS) is 26.4. The van der Waals surface area contributed by atoms with Gasteiger partial charge in [0.15, 0.2) is 0 Å². The first-order valence-electron chi connectivity index (χ1n) is 8.84. The van der Waals surface area contributed by atoms with Crippen molar-refractivity contribution in [1.29, 1.82) is 0 Å². The van der Waals surface area contributed by atoms with Gasteiger partial charge < -0.3 is 15.4 Å². The summed E-state index contributed by atoms with van der Waals surface area (Å²) in [5.41, 5.74) is 1.38. The van der Waals surface area contributed by atoms with Crippen LogP contribution in [0, 0.1) is 19.8 Å². The Hall–Kier alpha value is -1.64. The number of rotatable bonds is 4. The number of carbonyl (C=O) groups is 1. The van der Waals surface area contributed by atoms with E-state index in [-0.39, 0.29) is 23.3 Å². The molecule has 1 aromatic rings. The number of hydrogen-bond donors (Lipinski definition) is 2. The summed E-state index contributed by atoms with van der Waals surface area (Å²) in [4.78, 5) is 11.9. The topological polar surface area (TPSA) is 87.7 Å². The van der Waals surface area contributed by atoms with Gasteiger partial charge in [0.2, 0.25) is 15.9 Å². The molecule has 0 spiro atoms. The average Bonchev–Trinajstić information content (AvgIpc) is 2.95. The van der Waals surface area contributed by atoms with Crippen molar-refractivity contribution in [3.63, 3.8) is 0 Å². The zero-order valence-corrected chi connectivity index (χ0v) is 16.6. The first-order valence-corrected chi connectivity index (χ1v) is 10.3. The third-order valence-corrected chi connectivity index (χ3v) is 7.46. The molecule has 3 rings (SSSR count). The van der Waals surface area contributed by atoms with Crippen LogP contribution in [0.25, 0.3) is 0 Å². The summed E-state index contributed by atoms with van der Waals surface area (Å²) >= 11 is 0. The number of carbonyl (C=O) groups excluding carboxylic acids is 1. The van der Waals surface area contributed by atoms with Gasteiger partial charge in [-0.3, -0.25) is 4.79 Å². The van der Waals surface area contributed by atoms with Crippen LogP contribution in [-0.4, -0.2) is 57.5 Å². The predicted octanol–water partition coefficient (Wildman–Crippen LogP) is 0.801. The molecule has 2 aliphatic heterocycles. The minimum Gasteiger partial charge on any atom is -0.495 e. The maximum atomic E-state index is 13.4. The number of hydrogen-bond acceptors (Lipinski definition) is 5. The van der Waals surface area contributed by atoms with E-state index in [0.717, 1.165) is 17.7 Å². The van der Waals surface area contributed by atoms with Crippen molar-refractivity contribution in [2.75, 3.05) is 33.3 Å². The first-order chi connectivity index (χ1) is 12.2. The zero-order valence-electron chi connectivity index (χ0n) is 15.8. The van der Waals surface area contributed by atoms with Crippen LogP contribution in [0.1, 0.15) is 24.5 Å². The Balaban J connectivity index is 1.99. The molecule has 2 heterocycles. The van der Waals surface area contributed by atoms with Gasteiger partial charge in [0.05, 0.1) is 12.6 Å². The summed E-state index contributed by atoms with van der Waals surface area (Å²) in [7, 11) is -2.24. The lowest BCUT2D eigenvalue weighted by Crippen LogP contribution is -2.60. The molecule has 26 heavy (non-hydrogen) atoms. The Morgan fingerprint density at radius 2 is 2.04 bits per heavy atom. The second-order valence-electron chi connectivity index (χ2n) is 7.37. The lowest BCUT2D eigenvalue weighted by molar-refractivity contribution is -0.121. The summed E-state index contributed by atoms with van der Waals surface area (Å²) in [5, 5.41) is 6.35. The van der Waals surface area contributed by atoms with Crippen LogP contribution in [0.15, 0.2) is 17.0 Å². The standard InChI is InChI=1S/C18H27N3O4S/c1-12-7-16(25-4)17(8-13(12)2)26(23,24)21-10-15-9-19-6-5-18(15,11-21)20-14(3)22/h7-8,15,19H,5-6,9-11H2,1-4H3,(H,20,22)/t15-,18-/m1/s1. The quantitative estimate of drug-likeness (QED) is 0.806. The lowest BCUT2D eigenvalue weighted by Gasteiger charge is -2.39. The molecule has 144 valence electrons. The van der Waals surface area contributed by atoms with Gasteiger partial charge in [-0.15, -0.1) is 0 Å². The van der Waals surface area contributed by atoms with E-state index in [9.17, 15) is 13.2 Å². The molecule has 2 N–H and O–H groups in total. The van der Waals surface area contributed by atoms with Crippen LogP contribution >= 0.6 is 0 Å². The molecule has 2 aliphatic rings. The van der Waals surface area contributed by atoms with Gasteiger partial charge in [-0.25, -0.2) is 8.42 Å². The number of aryl methyl sites for hydroxylation is 2. The number of fused-ring (bicyclic) bond motifs is 1. The maximum absolute atomic E-state index is 13.4. The number of nitrogens with zero attached hydrogens (tertiary/aromatic N) is 1. The Morgan fingerprint density at radius 1 is 1.35 bits per heavy atom. The Labute approximate surface area is 155 Å². The molecular weight excluding hydrogens is 354 g/mol. The lowest BCUT2D eigenvalue weighted by atomic mass is 9.81. The first kappa shape index (κ1) is 19.1. The third kappa shape index (κ3) is 3.21. The molecule has 1 amide bonds. The molecular formula is C18H27N3O4S. The second-order valence-corrected chi connectivity index (χ2v) is 9.28. The van der Waals surface area contributed by atoms with Gasteiger partial charge in [-0.05, 0) is 50.1 Å². The molecule has 0 aliphatic carbocycles. The molecule has 0 saturated carbocycles. The van der Waals surface area contributed by atoms with E-state index < -0.39 is 15.6 Å². The highest BCUT2D eigenvalue weighted by Gasteiger charge is 2.52. The van der Waals surface area contributed by atoms with E-state index in [1.165, 1.54) is 18.3 Å². The number of amides is 1. The minimum absolute atomic E-state index is 0.0486. The van der Waals surface area contributed by atoms with Crippen LogP contribution in [0.4, 0.5) is 0 Å². The van der Waals surface area contributed by atoms with Gasteiger partial charge in [-0.2, -0.15) is 4.31 Å². The van der Waals surface area contributed by atoms with E-state index in [1.54, 1.807) is 12.1 Å². The Kier molecular flexibility index (Phi) is 5.02. The van der Waals surface area contributed by atoms with Gasteiger partial charge in [0.25, 0.3) is 0 Å². The van der Waals surface area contributed by atoms with E-state index in [1.807, 2.05) is 13.8 Å². The van der Waals surface area contributed by atoms with Crippen molar-refractivity contribution in [3.05, 3.63) is 23.3 Å². The van der Waals surface area contributed by atoms with Crippen molar-refractivity contribution in [1.82, 2.24) is 14.9 Å². The molecule has 0 radical (unpaired) electrons. The van der Waals surface area contributed by atoms with E-state index in [2.05, 4.69) is 10.6 Å². The molecule has 0 bridgehead atoms. The van der Waals surface area contributed by atoms with E-state index in [4.69, 9.17) is 4.74 Å². The molecule has 0 unspecified atom stereocenters. The van der Waals surface area contributed by atoms with Crippen molar-refractivity contribution in [3.8, 4) is 5.75 Å². The van der Waals surface area contributed by atoms with Crippen LogP contribution in [-0.2, 0) is 14.8 Å². The molecule has 0 aromatic heterocycles. The molecule has 2 fully saturated rings. The van der Waals surface area contributed by atoms with E-state index >= 15 is 0 Å². The highest BCUT2D eigenvalue weighted by Crippen LogP contribution is 2.38. The smallest absolute Gasteiger partial charge is 0.246 e.